The third-order valence-corrected chi connectivity index (χ3v) is 16.4. The summed E-state index contributed by atoms with van der Waals surface area (Å²) in [5, 5.41) is 23.4. The Kier molecular flexibility index (Phi) is 23.2. The predicted molar refractivity (Wildman–Crippen MR) is 325 cm³/mol. The van der Waals surface area contributed by atoms with Gasteiger partial charge in [0.1, 0.15) is 48.3 Å². The summed E-state index contributed by atoms with van der Waals surface area (Å²) in [6, 6.07) is 6.49. The van der Waals surface area contributed by atoms with Gasteiger partial charge in [0.25, 0.3) is 0 Å². The first kappa shape index (κ1) is 65.9. The largest absolute Gasteiger partial charge is 0.368 e. The Bertz CT molecular complexity index is 3180. The summed E-state index contributed by atoms with van der Waals surface area (Å²) in [5.41, 5.74) is 7.66. The number of nitrogens with two attached hydrogens (primary N) is 1. The van der Waals surface area contributed by atoms with Gasteiger partial charge in [-0.2, -0.15) is 0 Å². The lowest BCUT2D eigenvalue weighted by Gasteiger charge is -2.33. The molecule has 13 N–H and O–H groups in total. The van der Waals surface area contributed by atoms with Crippen molar-refractivity contribution >= 4 is 81.7 Å². The minimum atomic E-state index is -1.36. The van der Waals surface area contributed by atoms with Gasteiger partial charge >= 0.3 is 0 Å². The molecular formula is C60H82N16O10S. The zero-order chi connectivity index (χ0) is 63.0. The number of nitrogens with zero attached hydrogens (tertiary/aromatic N) is 4. The van der Waals surface area contributed by atoms with Crippen LogP contribution in [0.2, 0.25) is 0 Å². The van der Waals surface area contributed by atoms with Gasteiger partial charge in [0, 0.05) is 68.0 Å². The molecule has 2 aliphatic rings. The fourth-order valence-corrected chi connectivity index (χ4v) is 11.6. The van der Waals surface area contributed by atoms with Gasteiger partial charge in [-0.05, 0) is 61.3 Å². The maximum Gasteiger partial charge on any atom is 0.246 e. The molecule has 26 nitrogen and oxygen atoms in total. The zero-order valence-electron chi connectivity index (χ0n) is 50.2. The van der Waals surface area contributed by atoms with E-state index in [0.29, 0.717) is 35.7 Å². The van der Waals surface area contributed by atoms with Gasteiger partial charge in [0.15, 0.2) is 0 Å². The predicted octanol–water partition coefficient (Wildman–Crippen LogP) is 0.378. The topological polar surface area (TPSA) is 373 Å². The number of likely N-dealkylation sites (N-methyl/N-ethyl adjacent to an activating group) is 1. The van der Waals surface area contributed by atoms with E-state index in [-0.39, 0.29) is 49.8 Å². The van der Waals surface area contributed by atoms with E-state index in [9.17, 15) is 47.9 Å². The van der Waals surface area contributed by atoms with Crippen LogP contribution < -0.4 is 48.3 Å². The third-order valence-electron chi connectivity index (χ3n) is 15.4. The van der Waals surface area contributed by atoms with Crippen molar-refractivity contribution in [1.82, 2.24) is 77.3 Å². The number of para-hydroxylation sites is 1. The van der Waals surface area contributed by atoms with Crippen LogP contribution in [-0.4, -0.2) is 180 Å². The fraction of sp³-hybridized carbons (Fsp3) is 0.500. The number of carbonyl (C=O) groups is 10. The number of nitrogens with one attached hydrogen (secondary N) is 11. The number of aromatic amines is 3. The van der Waals surface area contributed by atoms with Gasteiger partial charge in [-0.1, -0.05) is 89.6 Å². The Labute approximate surface area is 509 Å². The Balaban J connectivity index is 1.04. The molecule has 0 radical (unpaired) electrons. The molecule has 5 heterocycles. The van der Waals surface area contributed by atoms with Gasteiger partial charge in [-0.15, -0.1) is 11.8 Å². The highest BCUT2D eigenvalue weighted by Crippen LogP contribution is 2.25. The molecule has 7 rings (SSSR count). The summed E-state index contributed by atoms with van der Waals surface area (Å²) in [4.78, 5) is 160. The van der Waals surface area contributed by atoms with Crippen molar-refractivity contribution in [3.05, 3.63) is 108 Å². The highest BCUT2D eigenvalue weighted by molar-refractivity contribution is 7.99. The zero-order valence-corrected chi connectivity index (χ0v) is 51.0. The first-order chi connectivity index (χ1) is 41.5. The summed E-state index contributed by atoms with van der Waals surface area (Å²) in [5.74, 6) is -6.14. The number of thioether (sulfide) groups is 1. The summed E-state index contributed by atoms with van der Waals surface area (Å²) >= 11 is 1.37. The third kappa shape index (κ3) is 18.5. The number of benzene rings is 2. The fourth-order valence-electron chi connectivity index (χ4n) is 10.5. The van der Waals surface area contributed by atoms with Crippen LogP contribution in [0.3, 0.4) is 0 Å². The molecule has 9 atom stereocenters. The molecule has 2 fully saturated rings. The number of aromatic nitrogens is 5. The van der Waals surface area contributed by atoms with Gasteiger partial charge in [0.05, 0.1) is 42.5 Å². The molecule has 0 aliphatic carbocycles. The first-order valence-electron chi connectivity index (χ1n) is 29.3. The van der Waals surface area contributed by atoms with E-state index >= 15 is 0 Å². The molecule has 2 aromatic carbocycles. The van der Waals surface area contributed by atoms with Crippen molar-refractivity contribution in [2.45, 2.75) is 147 Å². The molecule has 27 heteroatoms. The second-order valence-corrected chi connectivity index (χ2v) is 24.7. The van der Waals surface area contributed by atoms with Crippen molar-refractivity contribution in [2.75, 3.05) is 31.8 Å². The van der Waals surface area contributed by atoms with Gasteiger partial charge in [-0.25, -0.2) is 9.97 Å². The molecule has 0 unspecified atom stereocenters. The second kappa shape index (κ2) is 30.7. The van der Waals surface area contributed by atoms with Crippen molar-refractivity contribution in [3.8, 4) is 0 Å². The van der Waals surface area contributed by atoms with Crippen molar-refractivity contribution in [1.29, 1.82) is 0 Å². The maximum atomic E-state index is 14.7. The molecule has 87 heavy (non-hydrogen) atoms. The van der Waals surface area contributed by atoms with E-state index in [4.69, 9.17) is 5.73 Å². The van der Waals surface area contributed by atoms with Crippen LogP contribution in [0.1, 0.15) is 89.7 Å². The van der Waals surface area contributed by atoms with E-state index in [1.165, 1.54) is 43.3 Å². The highest BCUT2D eigenvalue weighted by atomic mass is 32.2. The standard InChI is InChI=1S/C60H82N16O10S/c1-34(2)21-46(59(86)76-33-87-30-48(76)51(61)78)73-57(84)47(25-39-28-63-32-68-39)75(7)49(77)29-66-58(85)50(60(4,5)6)74-52(79)35(3)69-54(81)44(23-37-26-65-41-18-12-11-17-40(37)41)71-56(83)45(24-38-27-62-31-67-38)72-55(82)43(22-36-15-9-8-10-16-36)70-53(80)42-19-13-14-20-64-42/h8-12,15-18,26-28,31-32,34-35,42-48,50,64-65H,13-14,19-25,29-30,33H2,1-7H3,(H2,61,78)(H,62,67)(H,63,68)(H,66,85)(H,69,81)(H,70,80)(H,71,83)(H,72,82)(H,73,84)(H,74,79)/t35-,42-,43+,44-,45-,46-,47-,48-,50+/m0/s1. The van der Waals surface area contributed by atoms with Crippen LogP contribution in [0.15, 0.2) is 85.8 Å². The molecule has 2 saturated heterocycles. The summed E-state index contributed by atoms with van der Waals surface area (Å²) in [6.07, 6.45) is 10.1. The molecule has 0 spiro atoms. The molecule has 0 bridgehead atoms. The minimum absolute atomic E-state index is 0.0618. The van der Waals surface area contributed by atoms with Gasteiger partial charge < -0.3 is 73.0 Å². The number of imidazole rings is 2. The lowest BCUT2D eigenvalue weighted by Crippen LogP contribution is -2.61. The normalized spacial score (nSPS) is 17.5. The monoisotopic (exact) mass is 1220 g/mol. The number of piperidine rings is 1. The van der Waals surface area contributed by atoms with Crippen molar-refractivity contribution < 1.29 is 47.9 Å². The minimum Gasteiger partial charge on any atom is -0.368 e. The van der Waals surface area contributed by atoms with Gasteiger partial charge in [0.2, 0.25) is 59.1 Å². The maximum absolute atomic E-state index is 14.7. The molecule has 3 aromatic heterocycles. The SMILES string of the molecule is CC(C)C[C@H](NC(=O)[C@H](Cc1c[nH]cn1)N(C)C(=O)CNC(=O)[C@@H](NC(=O)[C@H](C)NC(=O)[C@H](Cc1c[nH]c2ccccc12)NC(=O)[C@H](Cc1c[nH]cn1)NC(=O)[C@@H](Cc1ccccc1)NC(=O)[C@@H]1CCCCN1)C(C)(C)C)C(=O)N1CSC[C@H]1C(N)=O. The lowest BCUT2D eigenvalue weighted by molar-refractivity contribution is -0.143. The molecule has 468 valence electrons. The van der Waals surface area contributed by atoms with Crippen LogP contribution in [-0.2, 0) is 73.6 Å². The number of primary amides is 1. The number of fused-ring (bicyclic) bond motifs is 1. The Hall–Kier alpha value is -8.59. The lowest BCUT2D eigenvalue weighted by atomic mass is 9.86. The smallest absolute Gasteiger partial charge is 0.246 e. The quantitative estimate of drug-likeness (QED) is 0.0322. The van der Waals surface area contributed by atoms with Crippen LogP contribution in [0.25, 0.3) is 10.9 Å². The summed E-state index contributed by atoms with van der Waals surface area (Å²) < 4.78 is 0. The van der Waals surface area contributed by atoms with E-state index in [2.05, 4.69) is 67.5 Å². The average molecular weight is 1220 g/mol. The Morgan fingerprint density at radius 1 is 0.701 bits per heavy atom. The van der Waals surface area contributed by atoms with Crippen molar-refractivity contribution in [2.24, 2.45) is 17.1 Å². The molecular weight excluding hydrogens is 1140 g/mol. The van der Waals surface area contributed by atoms with E-state index < -0.39 is 120 Å². The van der Waals surface area contributed by atoms with E-state index in [0.717, 1.165) is 34.2 Å². The highest BCUT2D eigenvalue weighted by Gasteiger charge is 2.41. The van der Waals surface area contributed by atoms with E-state index in [1.54, 1.807) is 39.4 Å². The second-order valence-electron chi connectivity index (χ2n) is 23.7. The van der Waals surface area contributed by atoms with Crippen LogP contribution in [0.5, 0.6) is 0 Å². The number of amides is 10. The van der Waals surface area contributed by atoms with Crippen LogP contribution in [0, 0.1) is 11.3 Å². The number of hydrogen-bond acceptors (Lipinski definition) is 14. The Morgan fingerprint density at radius 2 is 1.32 bits per heavy atom. The number of hydrogen-bond donors (Lipinski definition) is 12. The van der Waals surface area contributed by atoms with Crippen molar-refractivity contribution in [3.63, 3.8) is 0 Å². The average Bonchev–Trinajstić information content (AvgIpc) is 3.20. The molecule has 0 saturated carbocycles. The number of carbonyl (C=O) groups excluding carboxylic acids is 10. The summed E-state index contributed by atoms with van der Waals surface area (Å²) in [7, 11) is 1.38. The Morgan fingerprint density at radius 3 is 1.94 bits per heavy atom. The molecule has 10 amide bonds. The van der Waals surface area contributed by atoms with Gasteiger partial charge in [-0.3, -0.25) is 47.9 Å². The first-order valence-corrected chi connectivity index (χ1v) is 30.4. The van der Waals surface area contributed by atoms with Crippen LogP contribution in [0.4, 0.5) is 0 Å². The van der Waals surface area contributed by atoms with E-state index in [1.807, 2.05) is 68.4 Å². The number of rotatable bonds is 28. The summed E-state index contributed by atoms with van der Waals surface area (Å²) in [6.45, 7) is 10.3. The van der Waals surface area contributed by atoms with Crippen LogP contribution >= 0.6 is 11.8 Å². The molecule has 5 aromatic rings. The molecule has 2 aliphatic heterocycles. The number of H-pyrrole nitrogens is 3.